The first kappa shape index (κ1) is 19.9. The SMILES string of the molecule is CCCCCCCCC(C)OC(=O)C(=C(F)F)C(F)(F)F. The lowest BCUT2D eigenvalue weighted by atomic mass is 10.1. The number of carbonyl (C=O) groups is 1. The molecule has 1 atom stereocenters. The van der Waals surface area contributed by atoms with Crippen LogP contribution in [0.1, 0.15) is 58.8 Å². The molecule has 0 aliphatic rings. The van der Waals surface area contributed by atoms with E-state index in [1.807, 2.05) is 0 Å². The summed E-state index contributed by atoms with van der Waals surface area (Å²) in [7, 11) is 0. The van der Waals surface area contributed by atoms with Gasteiger partial charge in [-0.2, -0.15) is 22.0 Å². The molecule has 0 spiro atoms. The number of hydrogen-bond donors (Lipinski definition) is 0. The maximum Gasteiger partial charge on any atom is 0.428 e. The highest BCUT2D eigenvalue weighted by molar-refractivity contribution is 5.90. The van der Waals surface area contributed by atoms with Gasteiger partial charge in [0.25, 0.3) is 6.08 Å². The zero-order chi connectivity index (χ0) is 16.5. The summed E-state index contributed by atoms with van der Waals surface area (Å²) in [5.41, 5.74) is -2.52. The molecular weight excluding hydrogens is 295 g/mol. The number of rotatable bonds is 9. The van der Waals surface area contributed by atoms with E-state index in [4.69, 9.17) is 0 Å². The summed E-state index contributed by atoms with van der Waals surface area (Å²) in [5.74, 6) is -2.01. The van der Waals surface area contributed by atoms with Gasteiger partial charge < -0.3 is 4.74 Å². The topological polar surface area (TPSA) is 26.3 Å². The van der Waals surface area contributed by atoms with Crippen LogP contribution in [0.25, 0.3) is 0 Å². The van der Waals surface area contributed by atoms with Gasteiger partial charge in [0.2, 0.25) is 5.57 Å². The van der Waals surface area contributed by atoms with Gasteiger partial charge in [-0.3, -0.25) is 0 Å². The second-order valence-electron chi connectivity index (χ2n) is 4.91. The Labute approximate surface area is 121 Å². The number of esters is 1. The first-order valence-corrected chi connectivity index (χ1v) is 7.03. The molecule has 0 amide bonds. The highest BCUT2D eigenvalue weighted by Crippen LogP contribution is 2.31. The predicted octanol–water partition coefficient (Wildman–Crippen LogP) is 5.38. The normalized spacial score (nSPS) is 12.9. The van der Waals surface area contributed by atoms with Crippen LogP contribution in [0.5, 0.6) is 0 Å². The minimum atomic E-state index is -5.41. The average molecular weight is 316 g/mol. The van der Waals surface area contributed by atoms with Crippen molar-refractivity contribution in [1.82, 2.24) is 0 Å². The summed E-state index contributed by atoms with van der Waals surface area (Å²) in [6.45, 7) is 3.48. The second-order valence-corrected chi connectivity index (χ2v) is 4.91. The van der Waals surface area contributed by atoms with Crippen LogP contribution >= 0.6 is 0 Å². The smallest absolute Gasteiger partial charge is 0.428 e. The maximum absolute atomic E-state index is 12.3. The number of ether oxygens (including phenoxy) is 1. The van der Waals surface area contributed by atoms with Crippen LogP contribution in [0.2, 0.25) is 0 Å². The molecule has 0 saturated carbocycles. The number of halogens is 5. The van der Waals surface area contributed by atoms with E-state index in [0.29, 0.717) is 12.8 Å². The highest BCUT2D eigenvalue weighted by atomic mass is 19.4. The Hall–Kier alpha value is -1.14. The number of carbonyl (C=O) groups excluding carboxylic acids is 1. The largest absolute Gasteiger partial charge is 0.459 e. The van der Waals surface area contributed by atoms with Gasteiger partial charge in [0.1, 0.15) is 0 Å². The molecule has 0 saturated heterocycles. The van der Waals surface area contributed by atoms with Gasteiger partial charge in [-0.15, -0.1) is 0 Å². The molecule has 0 fully saturated rings. The van der Waals surface area contributed by atoms with Crippen LogP contribution in [0.15, 0.2) is 11.7 Å². The van der Waals surface area contributed by atoms with E-state index in [1.165, 1.54) is 6.92 Å². The molecule has 0 bridgehead atoms. The summed E-state index contributed by atoms with van der Waals surface area (Å²) in [6, 6.07) is 0. The van der Waals surface area contributed by atoms with Crippen molar-refractivity contribution in [3.8, 4) is 0 Å². The third-order valence-corrected chi connectivity index (χ3v) is 2.95. The standard InChI is InChI=1S/C14H21F5O2/c1-3-4-5-6-7-8-9-10(2)21-13(20)11(12(15)16)14(17,18)19/h10H,3-9H2,1-2H3. The van der Waals surface area contributed by atoms with Crippen molar-refractivity contribution in [1.29, 1.82) is 0 Å². The van der Waals surface area contributed by atoms with Crippen LogP contribution < -0.4 is 0 Å². The van der Waals surface area contributed by atoms with E-state index in [-0.39, 0.29) is 0 Å². The van der Waals surface area contributed by atoms with Gasteiger partial charge in [-0.05, 0) is 19.8 Å². The first-order valence-electron chi connectivity index (χ1n) is 7.03. The number of alkyl halides is 3. The van der Waals surface area contributed by atoms with Gasteiger partial charge >= 0.3 is 12.1 Å². The van der Waals surface area contributed by atoms with Crippen molar-refractivity contribution < 1.29 is 31.5 Å². The average Bonchev–Trinajstić information content (AvgIpc) is 2.30. The lowest BCUT2D eigenvalue weighted by Gasteiger charge is -2.15. The Kier molecular flexibility index (Phi) is 9.21. The second kappa shape index (κ2) is 9.73. The van der Waals surface area contributed by atoms with Crippen LogP contribution in [0, 0.1) is 0 Å². The Morgan fingerprint density at radius 1 is 1.05 bits per heavy atom. The van der Waals surface area contributed by atoms with Gasteiger partial charge in [-0.1, -0.05) is 39.0 Å². The van der Waals surface area contributed by atoms with Gasteiger partial charge in [0.05, 0.1) is 6.10 Å². The van der Waals surface area contributed by atoms with Gasteiger partial charge in [0, 0.05) is 0 Å². The summed E-state index contributed by atoms with van der Waals surface area (Å²) in [4.78, 5) is 11.1. The molecule has 0 aliphatic heterocycles. The Morgan fingerprint density at radius 2 is 1.57 bits per heavy atom. The van der Waals surface area contributed by atoms with Gasteiger partial charge in [0.15, 0.2) is 0 Å². The van der Waals surface area contributed by atoms with E-state index in [0.717, 1.165) is 32.1 Å². The zero-order valence-electron chi connectivity index (χ0n) is 12.2. The predicted molar refractivity (Wildman–Crippen MR) is 68.8 cm³/mol. The van der Waals surface area contributed by atoms with E-state index < -0.39 is 29.9 Å². The molecule has 2 nitrogen and oxygen atoms in total. The fraction of sp³-hybridized carbons (Fsp3) is 0.786. The summed E-state index contributed by atoms with van der Waals surface area (Å²) in [6.07, 6.45) is -3.07. The van der Waals surface area contributed by atoms with Gasteiger partial charge in [-0.25, -0.2) is 4.79 Å². The molecule has 0 aromatic rings. The minimum Gasteiger partial charge on any atom is -0.459 e. The van der Waals surface area contributed by atoms with Crippen LogP contribution in [0.4, 0.5) is 22.0 Å². The van der Waals surface area contributed by atoms with Crippen molar-refractivity contribution in [3.05, 3.63) is 11.7 Å². The molecule has 21 heavy (non-hydrogen) atoms. The third kappa shape index (κ3) is 8.67. The lowest BCUT2D eigenvalue weighted by Crippen LogP contribution is -2.26. The van der Waals surface area contributed by atoms with Crippen molar-refractivity contribution >= 4 is 5.97 Å². The van der Waals surface area contributed by atoms with Crippen molar-refractivity contribution in [2.24, 2.45) is 0 Å². The van der Waals surface area contributed by atoms with Crippen LogP contribution in [0.3, 0.4) is 0 Å². The number of unbranched alkanes of at least 4 members (excludes halogenated alkanes) is 5. The molecule has 0 rings (SSSR count). The van der Waals surface area contributed by atoms with Crippen LogP contribution in [-0.4, -0.2) is 18.2 Å². The first-order chi connectivity index (χ1) is 9.70. The lowest BCUT2D eigenvalue weighted by molar-refractivity contribution is -0.156. The third-order valence-electron chi connectivity index (χ3n) is 2.95. The van der Waals surface area contributed by atoms with E-state index in [9.17, 15) is 26.7 Å². The maximum atomic E-state index is 12.3. The molecule has 0 aromatic carbocycles. The molecule has 0 radical (unpaired) electrons. The molecule has 0 aromatic heterocycles. The molecule has 0 aliphatic carbocycles. The highest BCUT2D eigenvalue weighted by Gasteiger charge is 2.44. The van der Waals surface area contributed by atoms with Crippen molar-refractivity contribution in [3.63, 3.8) is 0 Å². The quantitative estimate of drug-likeness (QED) is 0.247. The molecule has 1 unspecified atom stereocenters. The van der Waals surface area contributed by atoms with E-state index in [2.05, 4.69) is 11.7 Å². The number of hydrogen-bond acceptors (Lipinski definition) is 2. The zero-order valence-corrected chi connectivity index (χ0v) is 12.2. The van der Waals surface area contributed by atoms with Crippen LogP contribution in [-0.2, 0) is 9.53 Å². The monoisotopic (exact) mass is 316 g/mol. The van der Waals surface area contributed by atoms with E-state index >= 15 is 0 Å². The molecule has 0 N–H and O–H groups in total. The van der Waals surface area contributed by atoms with Crippen molar-refractivity contribution in [2.45, 2.75) is 71.1 Å². The summed E-state index contributed by atoms with van der Waals surface area (Å²) >= 11 is 0. The fourth-order valence-corrected chi connectivity index (χ4v) is 1.81. The molecule has 0 heterocycles. The Bertz CT molecular complexity index is 346. The summed E-state index contributed by atoms with van der Waals surface area (Å²) < 4.78 is 65.6. The molecule has 124 valence electrons. The molecule has 7 heteroatoms. The fourth-order valence-electron chi connectivity index (χ4n) is 1.81. The summed E-state index contributed by atoms with van der Waals surface area (Å²) in [5, 5.41) is 0. The van der Waals surface area contributed by atoms with E-state index in [1.54, 1.807) is 0 Å². The Balaban J connectivity index is 4.18. The minimum absolute atomic E-state index is 0.358. The van der Waals surface area contributed by atoms with Crippen molar-refractivity contribution in [2.75, 3.05) is 0 Å². The Morgan fingerprint density at radius 3 is 2.05 bits per heavy atom. The molecular formula is C14H21F5O2.